The number of likely N-dealkylation sites (tertiary alicyclic amines) is 2. The number of piperidine rings is 1. The quantitative estimate of drug-likeness (QED) is 0.860. The van der Waals surface area contributed by atoms with E-state index in [9.17, 15) is 9.59 Å². The molecule has 2 heterocycles. The highest BCUT2D eigenvalue weighted by Gasteiger charge is 2.31. The van der Waals surface area contributed by atoms with Gasteiger partial charge in [0, 0.05) is 26.2 Å². The molecule has 1 unspecified atom stereocenters. The minimum Gasteiger partial charge on any atom is -0.325 e. The number of hydrogen-bond acceptors (Lipinski definition) is 3. The third-order valence-electron chi connectivity index (χ3n) is 4.69. The average molecular weight is 331 g/mol. The van der Waals surface area contributed by atoms with Gasteiger partial charge in [-0.25, -0.2) is 10.3 Å². The van der Waals surface area contributed by atoms with Crippen LogP contribution >= 0.6 is 0 Å². The number of nitrogens with one attached hydrogen (secondary N) is 1. The number of amides is 3. The van der Waals surface area contributed by atoms with Crippen molar-refractivity contribution < 1.29 is 14.4 Å². The number of urea groups is 1. The molecular weight excluding hydrogens is 306 g/mol. The predicted octanol–water partition coefficient (Wildman–Crippen LogP) is 2.16. The van der Waals surface area contributed by atoms with Crippen molar-refractivity contribution in [1.82, 2.24) is 15.3 Å². The van der Waals surface area contributed by atoms with Crippen LogP contribution in [-0.4, -0.2) is 47.9 Å². The summed E-state index contributed by atoms with van der Waals surface area (Å²) >= 11 is 0. The third kappa shape index (κ3) is 4.26. The van der Waals surface area contributed by atoms with Gasteiger partial charge >= 0.3 is 6.03 Å². The highest BCUT2D eigenvalue weighted by molar-refractivity contribution is 5.80. The van der Waals surface area contributed by atoms with Crippen molar-refractivity contribution in [2.24, 2.45) is 5.92 Å². The molecule has 2 aliphatic heterocycles. The van der Waals surface area contributed by atoms with Crippen LogP contribution in [0.1, 0.15) is 31.2 Å². The van der Waals surface area contributed by atoms with E-state index in [1.165, 1.54) is 0 Å². The van der Waals surface area contributed by atoms with Crippen LogP contribution in [0.15, 0.2) is 30.3 Å². The fourth-order valence-corrected chi connectivity index (χ4v) is 3.32. The summed E-state index contributed by atoms with van der Waals surface area (Å²) in [4.78, 5) is 33.8. The summed E-state index contributed by atoms with van der Waals surface area (Å²) in [6.45, 7) is 3.24. The van der Waals surface area contributed by atoms with E-state index in [1.807, 2.05) is 40.1 Å². The maximum absolute atomic E-state index is 12.5. The Morgan fingerprint density at radius 2 is 1.75 bits per heavy atom. The van der Waals surface area contributed by atoms with Crippen molar-refractivity contribution in [1.29, 1.82) is 0 Å². The molecule has 0 bridgehead atoms. The molecule has 0 saturated carbocycles. The second kappa shape index (κ2) is 8.15. The highest BCUT2D eigenvalue weighted by atomic mass is 16.6. The molecule has 0 radical (unpaired) electrons. The zero-order valence-corrected chi connectivity index (χ0v) is 13.9. The first-order valence-electron chi connectivity index (χ1n) is 8.73. The third-order valence-corrected chi connectivity index (χ3v) is 4.69. The van der Waals surface area contributed by atoms with E-state index in [2.05, 4.69) is 5.48 Å². The highest BCUT2D eigenvalue weighted by Crippen LogP contribution is 2.20. The Morgan fingerprint density at radius 1 is 1.04 bits per heavy atom. The molecule has 1 aromatic rings. The van der Waals surface area contributed by atoms with Crippen molar-refractivity contribution in [2.75, 3.05) is 26.2 Å². The van der Waals surface area contributed by atoms with E-state index in [0.717, 1.165) is 50.9 Å². The monoisotopic (exact) mass is 331 g/mol. The van der Waals surface area contributed by atoms with Gasteiger partial charge in [0.1, 0.15) is 0 Å². The lowest BCUT2D eigenvalue weighted by Crippen LogP contribution is -2.49. The Kier molecular flexibility index (Phi) is 5.69. The van der Waals surface area contributed by atoms with Gasteiger partial charge in [-0.1, -0.05) is 30.3 Å². The number of benzene rings is 1. The molecule has 3 rings (SSSR count). The maximum atomic E-state index is 12.5. The smallest absolute Gasteiger partial charge is 0.320 e. The van der Waals surface area contributed by atoms with E-state index in [0.29, 0.717) is 13.2 Å². The van der Waals surface area contributed by atoms with Gasteiger partial charge in [0.25, 0.3) is 0 Å². The lowest BCUT2D eigenvalue weighted by Gasteiger charge is -2.34. The van der Waals surface area contributed by atoms with E-state index in [1.54, 1.807) is 0 Å². The van der Waals surface area contributed by atoms with E-state index in [4.69, 9.17) is 4.84 Å². The SMILES string of the molecule is O=C(NOCc1ccccc1)C1CCCN(C(=O)N2CCCC2)C1. The van der Waals surface area contributed by atoms with Crippen molar-refractivity contribution in [3.05, 3.63) is 35.9 Å². The second-order valence-electron chi connectivity index (χ2n) is 6.50. The van der Waals surface area contributed by atoms with Gasteiger partial charge in [0.2, 0.25) is 5.91 Å². The lowest BCUT2D eigenvalue weighted by atomic mass is 9.98. The van der Waals surface area contributed by atoms with Crippen LogP contribution in [0.25, 0.3) is 0 Å². The molecule has 0 spiro atoms. The van der Waals surface area contributed by atoms with Gasteiger partial charge in [0.15, 0.2) is 0 Å². The lowest BCUT2D eigenvalue weighted by molar-refractivity contribution is -0.140. The first-order valence-corrected chi connectivity index (χ1v) is 8.73. The van der Waals surface area contributed by atoms with Crippen LogP contribution in [0.4, 0.5) is 4.79 Å². The van der Waals surface area contributed by atoms with E-state index in [-0.39, 0.29) is 17.9 Å². The van der Waals surface area contributed by atoms with Crippen LogP contribution in [0.3, 0.4) is 0 Å². The summed E-state index contributed by atoms with van der Waals surface area (Å²) < 4.78 is 0. The standard InChI is InChI=1S/C18H25N3O3/c22-17(19-24-14-15-7-2-1-3-8-15)16-9-6-12-21(13-16)18(23)20-10-4-5-11-20/h1-3,7-8,16H,4-6,9-14H2,(H,19,22). The molecular formula is C18H25N3O3. The molecule has 2 saturated heterocycles. The molecule has 2 aliphatic rings. The summed E-state index contributed by atoms with van der Waals surface area (Å²) in [5.74, 6) is -0.328. The first kappa shape index (κ1) is 16.8. The fourth-order valence-electron chi connectivity index (χ4n) is 3.32. The number of hydroxylamine groups is 1. The van der Waals surface area contributed by atoms with Gasteiger partial charge in [-0.3, -0.25) is 9.63 Å². The minimum absolute atomic E-state index is 0.0789. The molecule has 2 fully saturated rings. The van der Waals surface area contributed by atoms with E-state index < -0.39 is 0 Å². The Morgan fingerprint density at radius 3 is 2.50 bits per heavy atom. The van der Waals surface area contributed by atoms with Crippen molar-refractivity contribution in [3.8, 4) is 0 Å². The van der Waals surface area contributed by atoms with Gasteiger partial charge in [-0.05, 0) is 31.2 Å². The molecule has 1 aromatic carbocycles. The Balaban J connectivity index is 1.45. The topological polar surface area (TPSA) is 61.9 Å². The summed E-state index contributed by atoms with van der Waals surface area (Å²) in [7, 11) is 0. The van der Waals surface area contributed by atoms with Gasteiger partial charge < -0.3 is 9.80 Å². The minimum atomic E-state index is -0.193. The van der Waals surface area contributed by atoms with Gasteiger partial charge in [0.05, 0.1) is 12.5 Å². The molecule has 0 aromatic heterocycles. The molecule has 130 valence electrons. The number of carbonyl (C=O) groups is 2. The zero-order chi connectivity index (χ0) is 16.8. The fraction of sp³-hybridized carbons (Fsp3) is 0.556. The van der Waals surface area contributed by atoms with Gasteiger partial charge in [-0.15, -0.1) is 0 Å². The second-order valence-corrected chi connectivity index (χ2v) is 6.50. The first-order chi connectivity index (χ1) is 11.7. The number of hydrogen-bond donors (Lipinski definition) is 1. The molecule has 1 atom stereocenters. The predicted molar refractivity (Wildman–Crippen MR) is 89.9 cm³/mol. The molecule has 24 heavy (non-hydrogen) atoms. The molecule has 3 amide bonds. The van der Waals surface area contributed by atoms with Crippen LogP contribution in [-0.2, 0) is 16.2 Å². The number of carbonyl (C=O) groups excluding carboxylic acids is 2. The number of nitrogens with zero attached hydrogens (tertiary/aromatic N) is 2. The molecule has 1 N–H and O–H groups in total. The molecule has 6 heteroatoms. The Labute approximate surface area is 142 Å². The summed E-state index contributed by atoms with van der Waals surface area (Å²) in [6, 6.07) is 9.78. The maximum Gasteiger partial charge on any atom is 0.320 e. The van der Waals surface area contributed by atoms with Crippen LogP contribution in [0.2, 0.25) is 0 Å². The summed E-state index contributed by atoms with van der Waals surface area (Å²) in [6.07, 6.45) is 3.81. The molecule has 6 nitrogen and oxygen atoms in total. The van der Waals surface area contributed by atoms with Crippen LogP contribution in [0.5, 0.6) is 0 Å². The Hall–Kier alpha value is -2.08. The van der Waals surface area contributed by atoms with Crippen molar-refractivity contribution >= 4 is 11.9 Å². The van der Waals surface area contributed by atoms with Crippen LogP contribution < -0.4 is 5.48 Å². The van der Waals surface area contributed by atoms with Crippen LogP contribution in [0, 0.1) is 5.92 Å². The largest absolute Gasteiger partial charge is 0.325 e. The van der Waals surface area contributed by atoms with Crippen molar-refractivity contribution in [2.45, 2.75) is 32.3 Å². The Bertz CT molecular complexity index is 558. The number of rotatable bonds is 4. The van der Waals surface area contributed by atoms with Gasteiger partial charge in [-0.2, -0.15) is 0 Å². The zero-order valence-electron chi connectivity index (χ0n) is 13.9. The summed E-state index contributed by atoms with van der Waals surface area (Å²) in [5, 5.41) is 0. The average Bonchev–Trinajstić information content (AvgIpc) is 3.16. The van der Waals surface area contributed by atoms with E-state index >= 15 is 0 Å². The summed E-state index contributed by atoms with van der Waals surface area (Å²) in [5.41, 5.74) is 3.55. The normalized spacial score (nSPS) is 20.9. The van der Waals surface area contributed by atoms with Crippen molar-refractivity contribution in [3.63, 3.8) is 0 Å². The molecule has 0 aliphatic carbocycles.